The van der Waals surface area contributed by atoms with Crippen molar-refractivity contribution < 1.29 is 0 Å². The zero-order chi connectivity index (χ0) is 13.8. The van der Waals surface area contributed by atoms with Crippen LogP contribution in [0.1, 0.15) is 39.7 Å². The molecule has 1 atom stereocenters. The number of nitrogen functional groups attached to an aromatic ring is 1. The standard InChI is InChI=1S/C14H21N5/c1-10(2)4-5-11(3)19-14(16-17-18-19)12-6-8-13(15)9-7-12/h6-11H,4-5,15H2,1-3H3. The van der Waals surface area contributed by atoms with Gasteiger partial charge in [0.25, 0.3) is 0 Å². The van der Waals surface area contributed by atoms with Gasteiger partial charge in [-0.25, -0.2) is 4.68 Å². The minimum Gasteiger partial charge on any atom is -0.399 e. The van der Waals surface area contributed by atoms with E-state index in [4.69, 9.17) is 5.73 Å². The molecule has 0 radical (unpaired) electrons. The van der Waals surface area contributed by atoms with Crippen LogP contribution in [0.15, 0.2) is 24.3 Å². The van der Waals surface area contributed by atoms with Gasteiger partial charge in [0.15, 0.2) is 5.82 Å². The molecular weight excluding hydrogens is 238 g/mol. The van der Waals surface area contributed by atoms with Crippen LogP contribution in [0.2, 0.25) is 0 Å². The van der Waals surface area contributed by atoms with Gasteiger partial charge >= 0.3 is 0 Å². The summed E-state index contributed by atoms with van der Waals surface area (Å²) in [5.74, 6) is 1.50. The molecule has 1 unspecified atom stereocenters. The molecule has 2 rings (SSSR count). The smallest absolute Gasteiger partial charge is 0.182 e. The number of rotatable bonds is 5. The number of benzene rings is 1. The van der Waals surface area contributed by atoms with Crippen molar-refractivity contribution in [3.63, 3.8) is 0 Å². The molecule has 5 nitrogen and oxygen atoms in total. The highest BCUT2D eigenvalue weighted by Gasteiger charge is 2.14. The van der Waals surface area contributed by atoms with Crippen molar-refractivity contribution in [2.75, 3.05) is 5.73 Å². The molecule has 102 valence electrons. The molecule has 0 aliphatic rings. The van der Waals surface area contributed by atoms with E-state index in [-0.39, 0.29) is 0 Å². The zero-order valence-electron chi connectivity index (χ0n) is 11.7. The lowest BCUT2D eigenvalue weighted by Crippen LogP contribution is -2.10. The third kappa shape index (κ3) is 3.30. The van der Waals surface area contributed by atoms with Crippen molar-refractivity contribution >= 4 is 5.69 Å². The molecule has 0 bridgehead atoms. The van der Waals surface area contributed by atoms with Crippen LogP contribution in [0, 0.1) is 5.92 Å². The van der Waals surface area contributed by atoms with Crippen LogP contribution < -0.4 is 5.73 Å². The molecule has 0 aliphatic heterocycles. The summed E-state index contributed by atoms with van der Waals surface area (Å²) < 4.78 is 1.90. The second-order valence-corrected chi connectivity index (χ2v) is 5.39. The van der Waals surface area contributed by atoms with E-state index in [0.29, 0.717) is 12.0 Å². The molecule has 1 heterocycles. The number of aromatic nitrogens is 4. The summed E-state index contributed by atoms with van der Waals surface area (Å²) in [5, 5.41) is 12.0. The predicted molar refractivity (Wildman–Crippen MR) is 76.4 cm³/mol. The normalized spacial score (nSPS) is 12.8. The van der Waals surface area contributed by atoms with E-state index in [1.165, 1.54) is 6.42 Å². The summed E-state index contributed by atoms with van der Waals surface area (Å²) in [6.45, 7) is 6.61. The highest BCUT2D eigenvalue weighted by molar-refractivity contribution is 5.58. The predicted octanol–water partition coefficient (Wildman–Crippen LogP) is 2.92. The fourth-order valence-corrected chi connectivity index (χ4v) is 2.01. The first kappa shape index (κ1) is 13.5. The van der Waals surface area contributed by atoms with Crippen LogP contribution in [-0.2, 0) is 0 Å². The third-order valence-corrected chi connectivity index (χ3v) is 3.24. The van der Waals surface area contributed by atoms with E-state index in [1.807, 2.05) is 28.9 Å². The summed E-state index contributed by atoms with van der Waals surface area (Å²) in [6, 6.07) is 7.93. The molecular formula is C14H21N5. The molecule has 1 aromatic heterocycles. The van der Waals surface area contributed by atoms with Gasteiger partial charge in [0.2, 0.25) is 0 Å². The van der Waals surface area contributed by atoms with Crippen molar-refractivity contribution in [3.05, 3.63) is 24.3 Å². The fraction of sp³-hybridized carbons (Fsp3) is 0.500. The van der Waals surface area contributed by atoms with Crippen LogP contribution in [-0.4, -0.2) is 20.2 Å². The second-order valence-electron chi connectivity index (χ2n) is 5.39. The van der Waals surface area contributed by atoms with E-state index in [1.54, 1.807) is 0 Å². The number of tetrazole rings is 1. The first-order valence-corrected chi connectivity index (χ1v) is 6.71. The largest absolute Gasteiger partial charge is 0.399 e. The van der Waals surface area contributed by atoms with Gasteiger partial charge in [-0.3, -0.25) is 0 Å². The quantitative estimate of drug-likeness (QED) is 0.838. The van der Waals surface area contributed by atoms with Crippen molar-refractivity contribution in [1.29, 1.82) is 0 Å². The molecule has 5 heteroatoms. The van der Waals surface area contributed by atoms with Crippen LogP contribution in [0.3, 0.4) is 0 Å². The highest BCUT2D eigenvalue weighted by atomic mass is 15.5. The third-order valence-electron chi connectivity index (χ3n) is 3.24. The molecule has 0 saturated carbocycles. The molecule has 19 heavy (non-hydrogen) atoms. The molecule has 0 fully saturated rings. The zero-order valence-corrected chi connectivity index (χ0v) is 11.7. The van der Waals surface area contributed by atoms with Crippen molar-refractivity contribution in [1.82, 2.24) is 20.2 Å². The van der Waals surface area contributed by atoms with Crippen LogP contribution in [0.5, 0.6) is 0 Å². The fourth-order valence-electron chi connectivity index (χ4n) is 2.01. The molecule has 0 aliphatic carbocycles. The Bertz CT molecular complexity index is 515. The number of hydrogen-bond donors (Lipinski definition) is 1. The average molecular weight is 259 g/mol. The van der Waals surface area contributed by atoms with Gasteiger partial charge in [-0.05, 0) is 60.4 Å². The number of anilines is 1. The average Bonchev–Trinajstić information content (AvgIpc) is 2.86. The van der Waals surface area contributed by atoms with Crippen molar-refractivity contribution in [3.8, 4) is 11.4 Å². The lowest BCUT2D eigenvalue weighted by molar-refractivity contribution is 0.406. The Morgan fingerprint density at radius 1 is 1.11 bits per heavy atom. The first-order valence-electron chi connectivity index (χ1n) is 6.71. The first-order chi connectivity index (χ1) is 9.08. The number of hydrogen-bond acceptors (Lipinski definition) is 4. The van der Waals surface area contributed by atoms with E-state index >= 15 is 0 Å². The topological polar surface area (TPSA) is 69.6 Å². The van der Waals surface area contributed by atoms with Gasteiger partial charge in [0.1, 0.15) is 0 Å². The van der Waals surface area contributed by atoms with E-state index in [0.717, 1.165) is 23.5 Å². The van der Waals surface area contributed by atoms with Crippen LogP contribution in [0.25, 0.3) is 11.4 Å². The lowest BCUT2D eigenvalue weighted by Gasteiger charge is -2.14. The van der Waals surface area contributed by atoms with E-state index in [2.05, 4.69) is 36.3 Å². The van der Waals surface area contributed by atoms with Gasteiger partial charge < -0.3 is 5.73 Å². The molecule has 2 N–H and O–H groups in total. The van der Waals surface area contributed by atoms with Crippen molar-refractivity contribution in [2.24, 2.45) is 5.92 Å². The SMILES string of the molecule is CC(C)CCC(C)n1nnnc1-c1ccc(N)cc1. The Kier molecular flexibility index (Phi) is 4.14. The summed E-state index contributed by atoms with van der Waals surface area (Å²) >= 11 is 0. The molecule has 2 aromatic rings. The van der Waals surface area contributed by atoms with Gasteiger partial charge in [0, 0.05) is 11.3 Å². The molecule has 1 aromatic carbocycles. The highest BCUT2D eigenvalue weighted by Crippen LogP contribution is 2.23. The second kappa shape index (κ2) is 5.82. The van der Waals surface area contributed by atoms with E-state index in [9.17, 15) is 0 Å². The minimum atomic E-state index is 0.296. The van der Waals surface area contributed by atoms with E-state index < -0.39 is 0 Å². The summed E-state index contributed by atoms with van der Waals surface area (Å²) in [5.41, 5.74) is 7.44. The summed E-state index contributed by atoms with van der Waals surface area (Å²) in [6.07, 6.45) is 2.24. The molecule has 0 spiro atoms. The van der Waals surface area contributed by atoms with Gasteiger partial charge in [-0.15, -0.1) is 5.10 Å². The summed E-state index contributed by atoms with van der Waals surface area (Å²) in [4.78, 5) is 0. The Morgan fingerprint density at radius 3 is 2.42 bits per heavy atom. The molecule has 0 amide bonds. The number of nitrogens with two attached hydrogens (primary N) is 1. The Balaban J connectivity index is 2.19. The minimum absolute atomic E-state index is 0.296. The lowest BCUT2D eigenvalue weighted by atomic mass is 10.0. The Hall–Kier alpha value is -1.91. The molecule has 0 saturated heterocycles. The van der Waals surface area contributed by atoms with Crippen molar-refractivity contribution in [2.45, 2.75) is 39.7 Å². The maximum Gasteiger partial charge on any atom is 0.182 e. The van der Waals surface area contributed by atoms with Crippen LogP contribution >= 0.6 is 0 Å². The Morgan fingerprint density at radius 2 is 1.79 bits per heavy atom. The van der Waals surface area contributed by atoms with Gasteiger partial charge in [-0.2, -0.15) is 0 Å². The monoisotopic (exact) mass is 259 g/mol. The number of nitrogens with zero attached hydrogens (tertiary/aromatic N) is 4. The maximum atomic E-state index is 5.70. The maximum absolute atomic E-state index is 5.70. The van der Waals surface area contributed by atoms with Gasteiger partial charge in [-0.1, -0.05) is 13.8 Å². The summed E-state index contributed by atoms with van der Waals surface area (Å²) in [7, 11) is 0. The Labute approximate surface area is 113 Å². The van der Waals surface area contributed by atoms with Crippen LogP contribution in [0.4, 0.5) is 5.69 Å². The van der Waals surface area contributed by atoms with Gasteiger partial charge in [0.05, 0.1) is 6.04 Å².